The molecule has 0 bridgehead atoms. The number of carbonyl (C=O) groups excluding carboxylic acids is 3. The van der Waals surface area contributed by atoms with Crippen molar-refractivity contribution in [2.75, 3.05) is 26.4 Å². The van der Waals surface area contributed by atoms with Crippen LogP contribution in [0.3, 0.4) is 0 Å². The Labute approximate surface area is 437 Å². The third-order valence-corrected chi connectivity index (χ3v) is 15.1. The molecule has 0 aromatic heterocycles. The van der Waals surface area contributed by atoms with Crippen molar-refractivity contribution in [1.82, 2.24) is 0 Å². The maximum Gasteiger partial charge on any atom is 0.338 e. The standard InChI is InChI=1S/C25H26O5.C25H38O4.C7H8O3S.C2H6O2/c26-19(12-11-17-7-3-1-4-8-17)13-14-20-21-15-24(27)29-23(21)16-22(20)30-25(28)18-9-5-2-6-10-18;1-2-3-4-5-9-12-21-22(24(27)19-23(21)26)14-16-25(28-17-18-29-25)15-13-20-10-7-6-8-11-20;1-6-2-4-7(5-3-6)11(8,9)10;3-1-2-4/h1-10,20-23H,11-16H2;5-11,21-24,26-27H,2-4,12-19H2,1H3;2-5H,1H3,(H,8,9,10);3-4H,1-2H2/b;9-5-;;/t20-,21-,22-,23?;21-,22-,23+,24-;;/m11../s1. The smallest absolute Gasteiger partial charge is 0.338 e. The van der Waals surface area contributed by atoms with Gasteiger partial charge in [0, 0.05) is 43.9 Å². The van der Waals surface area contributed by atoms with Gasteiger partial charge in [-0.3, -0.25) is 14.1 Å². The number of hydrogen-bond donors (Lipinski definition) is 5. The third-order valence-electron chi connectivity index (χ3n) is 14.3. The van der Waals surface area contributed by atoms with E-state index in [4.69, 9.17) is 33.7 Å². The van der Waals surface area contributed by atoms with E-state index in [2.05, 4.69) is 43.3 Å². The second-order valence-corrected chi connectivity index (χ2v) is 21.0. The van der Waals surface area contributed by atoms with Gasteiger partial charge < -0.3 is 39.4 Å². The average molecular weight is 1040 g/mol. The summed E-state index contributed by atoms with van der Waals surface area (Å²) in [7, 11) is -4.02. The molecular formula is C59H78O14S. The fourth-order valence-corrected chi connectivity index (χ4v) is 10.7. The van der Waals surface area contributed by atoms with E-state index in [0.29, 0.717) is 57.3 Å². The highest BCUT2D eigenvalue weighted by Gasteiger charge is 2.51. The van der Waals surface area contributed by atoms with Crippen molar-refractivity contribution >= 4 is 27.8 Å². The first-order valence-electron chi connectivity index (χ1n) is 26.2. The summed E-state index contributed by atoms with van der Waals surface area (Å²) in [5, 5.41) is 36.3. The number of aliphatic hydroxyl groups is 4. The van der Waals surface area contributed by atoms with Crippen LogP contribution in [0.5, 0.6) is 0 Å². The highest BCUT2D eigenvalue weighted by molar-refractivity contribution is 7.85. The number of Topliss-reactive ketones (excluding diaryl/α,β-unsaturated/α-hetero) is 1. The number of fused-ring (bicyclic) bond motifs is 1. The number of hydrogen-bond acceptors (Lipinski definition) is 13. The molecule has 8 atom stereocenters. The molecule has 0 amide bonds. The fourth-order valence-electron chi connectivity index (χ4n) is 10.2. The summed E-state index contributed by atoms with van der Waals surface area (Å²) in [6.07, 6.45) is 14.3. The number of esters is 2. The minimum Gasteiger partial charge on any atom is -0.462 e. The van der Waals surface area contributed by atoms with Crippen LogP contribution in [-0.2, 0) is 51.5 Å². The topological polar surface area (TPSA) is 223 Å². The van der Waals surface area contributed by atoms with Crippen molar-refractivity contribution < 1.29 is 66.7 Å². The first kappa shape index (κ1) is 59.8. The molecule has 4 aliphatic rings. The van der Waals surface area contributed by atoms with Crippen molar-refractivity contribution in [3.63, 3.8) is 0 Å². The van der Waals surface area contributed by atoms with Gasteiger partial charge in [0.2, 0.25) is 0 Å². The maximum atomic E-state index is 12.5. The number of unbranched alkanes of at least 4 members (excludes halogenated alkanes) is 2. The lowest BCUT2D eigenvalue weighted by molar-refractivity contribution is -0.170. The second-order valence-electron chi connectivity index (χ2n) is 19.6. The zero-order valence-electron chi connectivity index (χ0n) is 43.0. The lowest BCUT2D eigenvalue weighted by Crippen LogP contribution is -2.33. The molecule has 2 aliphatic carbocycles. The Kier molecular flexibility index (Phi) is 25.1. The average Bonchev–Trinajstić information content (AvgIpc) is 4.17. The predicted molar refractivity (Wildman–Crippen MR) is 281 cm³/mol. The van der Waals surface area contributed by atoms with Gasteiger partial charge in [-0.1, -0.05) is 128 Å². The zero-order valence-corrected chi connectivity index (χ0v) is 43.8. The van der Waals surface area contributed by atoms with Gasteiger partial charge in [-0.15, -0.1) is 0 Å². The molecule has 74 heavy (non-hydrogen) atoms. The predicted octanol–water partition coefficient (Wildman–Crippen LogP) is 9.00. The Bertz CT molecular complexity index is 2390. The minimum atomic E-state index is -4.02. The van der Waals surface area contributed by atoms with Crippen molar-refractivity contribution in [3.8, 4) is 0 Å². The summed E-state index contributed by atoms with van der Waals surface area (Å²) in [6, 6.07) is 35.3. The molecule has 2 saturated carbocycles. The van der Waals surface area contributed by atoms with Gasteiger partial charge in [-0.25, -0.2) is 4.79 Å². The molecule has 1 unspecified atom stereocenters. The molecule has 15 heteroatoms. The molecule has 5 N–H and O–H groups in total. The summed E-state index contributed by atoms with van der Waals surface area (Å²) >= 11 is 0. The Morgan fingerprint density at radius 2 is 1.32 bits per heavy atom. The second kappa shape index (κ2) is 31.1. The summed E-state index contributed by atoms with van der Waals surface area (Å²) < 4.78 is 52.9. The maximum absolute atomic E-state index is 12.5. The van der Waals surface area contributed by atoms with Crippen LogP contribution in [-0.4, -0.2) is 108 Å². The summed E-state index contributed by atoms with van der Waals surface area (Å²) in [5.41, 5.74) is 3.90. The van der Waals surface area contributed by atoms with Gasteiger partial charge in [0.05, 0.1) is 55.5 Å². The normalized spacial score (nSPS) is 23.6. The zero-order chi connectivity index (χ0) is 53.4. The monoisotopic (exact) mass is 1040 g/mol. The van der Waals surface area contributed by atoms with Crippen LogP contribution in [0.15, 0.2) is 132 Å². The van der Waals surface area contributed by atoms with Crippen molar-refractivity contribution in [2.45, 2.75) is 145 Å². The number of rotatable bonds is 21. The van der Waals surface area contributed by atoms with E-state index in [1.807, 2.05) is 49.4 Å². The fraction of sp³-hybridized carbons (Fsp3) is 0.508. The van der Waals surface area contributed by atoms with Gasteiger partial charge in [-0.05, 0) is 99.1 Å². The largest absolute Gasteiger partial charge is 0.462 e. The summed E-state index contributed by atoms with van der Waals surface area (Å²) in [4.78, 5) is 36.7. The van der Waals surface area contributed by atoms with E-state index >= 15 is 0 Å². The van der Waals surface area contributed by atoms with Crippen molar-refractivity contribution in [3.05, 3.63) is 150 Å². The van der Waals surface area contributed by atoms with Crippen LogP contribution in [0.25, 0.3) is 0 Å². The van der Waals surface area contributed by atoms with E-state index < -0.39 is 28.1 Å². The van der Waals surface area contributed by atoms with Gasteiger partial charge in [0.15, 0.2) is 5.79 Å². The molecule has 2 saturated heterocycles. The molecular weight excluding hydrogens is 965 g/mol. The van der Waals surface area contributed by atoms with Gasteiger partial charge in [-0.2, -0.15) is 8.42 Å². The number of aliphatic hydroxyl groups excluding tert-OH is 4. The van der Waals surface area contributed by atoms with Crippen LogP contribution in [0.4, 0.5) is 0 Å². The molecule has 0 spiro atoms. The summed E-state index contributed by atoms with van der Waals surface area (Å²) in [6.45, 7) is 5.05. The van der Waals surface area contributed by atoms with E-state index in [1.165, 1.54) is 30.5 Å². The van der Waals surface area contributed by atoms with Crippen LogP contribution < -0.4 is 0 Å². The minimum absolute atomic E-state index is 0.0213. The Morgan fingerprint density at radius 1 is 0.730 bits per heavy atom. The molecule has 2 aliphatic heterocycles. The van der Waals surface area contributed by atoms with E-state index in [9.17, 15) is 33.0 Å². The molecule has 4 fully saturated rings. The molecule has 8 rings (SSSR count). The molecule has 0 radical (unpaired) electrons. The molecule has 2 heterocycles. The van der Waals surface area contributed by atoms with E-state index in [1.54, 1.807) is 36.4 Å². The quantitative estimate of drug-likeness (QED) is 0.0227. The summed E-state index contributed by atoms with van der Waals surface area (Å²) in [5.74, 6) is -0.711. The lowest BCUT2D eigenvalue weighted by atomic mass is 9.85. The first-order valence-corrected chi connectivity index (χ1v) is 27.7. The number of ketones is 1. The SMILES string of the molecule is CCCC/C=C\C[C@@H]1[C@@H](CCC2(CCc3ccccc3)OCCO2)[C@H](O)C[C@@H]1O.Cc1ccc(S(=O)(=O)O)cc1.O=C(CCc1ccccc1)CC[C@H]1[C@H](OC(=O)c2ccccc2)CC2OC(=O)C[C@@H]21.OCCO. The van der Waals surface area contributed by atoms with Crippen LogP contribution in [0.2, 0.25) is 0 Å². The number of carbonyl (C=O) groups is 3. The highest BCUT2D eigenvalue weighted by atomic mass is 32.2. The lowest BCUT2D eigenvalue weighted by Gasteiger charge is -2.31. The number of allylic oxidation sites excluding steroid dienone is 2. The molecule has 404 valence electrons. The molecule has 14 nitrogen and oxygen atoms in total. The van der Waals surface area contributed by atoms with Crippen molar-refractivity contribution in [2.24, 2.45) is 23.7 Å². The first-order chi connectivity index (χ1) is 35.6. The van der Waals surface area contributed by atoms with E-state index in [0.717, 1.165) is 56.1 Å². The van der Waals surface area contributed by atoms with E-state index in [-0.39, 0.29) is 71.7 Å². The van der Waals surface area contributed by atoms with Gasteiger partial charge >= 0.3 is 11.9 Å². The Morgan fingerprint density at radius 3 is 1.92 bits per heavy atom. The Hall–Kier alpha value is -5.10. The van der Waals surface area contributed by atoms with Gasteiger partial charge in [0.1, 0.15) is 18.0 Å². The number of ether oxygens (including phenoxy) is 4. The number of aryl methyl sites for hydroxylation is 3. The number of benzene rings is 4. The molecule has 4 aromatic rings. The van der Waals surface area contributed by atoms with Gasteiger partial charge in [0.25, 0.3) is 10.1 Å². The highest BCUT2D eigenvalue weighted by Crippen LogP contribution is 2.45. The van der Waals surface area contributed by atoms with Crippen molar-refractivity contribution in [1.29, 1.82) is 0 Å². The third kappa shape index (κ3) is 19.6. The van der Waals surface area contributed by atoms with Crippen LogP contribution in [0, 0.1) is 30.6 Å². The molecule has 4 aromatic carbocycles. The van der Waals surface area contributed by atoms with Crippen LogP contribution >= 0.6 is 0 Å². The Balaban J connectivity index is 0.000000215. The van der Waals surface area contributed by atoms with Crippen LogP contribution in [0.1, 0.15) is 117 Å².